The van der Waals surface area contributed by atoms with E-state index in [0.29, 0.717) is 4.90 Å². The molecule has 1 aromatic rings. The summed E-state index contributed by atoms with van der Waals surface area (Å²) in [5.74, 6) is 0. The topological polar surface area (TPSA) is 52.8 Å². The molecule has 0 aromatic heterocycles. The highest BCUT2D eigenvalue weighted by Crippen LogP contribution is 2.50. The van der Waals surface area contributed by atoms with E-state index in [9.17, 15) is 9.11 Å². The molecule has 0 radical (unpaired) electrons. The van der Waals surface area contributed by atoms with Crippen molar-refractivity contribution in [2.24, 2.45) is 4.40 Å². The van der Waals surface area contributed by atoms with Crippen molar-refractivity contribution >= 4 is 16.5 Å². The summed E-state index contributed by atoms with van der Waals surface area (Å²) in [6.07, 6.45) is 5.26. The molecule has 2 N–H and O–H groups in total. The highest BCUT2D eigenvalue weighted by Gasteiger charge is 2.16. The molecule has 0 amide bonds. The Labute approximate surface area is 104 Å². The molecule has 0 atom stereocenters. The molecule has 3 nitrogen and oxygen atoms in total. The van der Waals surface area contributed by atoms with E-state index in [2.05, 4.69) is 4.40 Å². The SMILES string of the molecule is Cc1ccc(S(O)(O)N=C2CCCCC2)cc1. The van der Waals surface area contributed by atoms with E-state index in [1.54, 1.807) is 12.1 Å². The molecule has 0 spiro atoms. The first-order valence-corrected chi connectivity index (χ1v) is 7.51. The third-order valence-electron chi connectivity index (χ3n) is 3.02. The Hall–Kier alpha value is -0.840. The van der Waals surface area contributed by atoms with Crippen molar-refractivity contribution in [1.82, 2.24) is 0 Å². The highest BCUT2D eigenvalue weighted by molar-refractivity contribution is 8.23. The predicted octanol–water partition coefficient (Wildman–Crippen LogP) is 4.42. The first-order valence-electron chi connectivity index (χ1n) is 6.00. The van der Waals surface area contributed by atoms with Crippen LogP contribution < -0.4 is 0 Å². The van der Waals surface area contributed by atoms with Crippen LogP contribution >= 0.6 is 10.8 Å². The summed E-state index contributed by atoms with van der Waals surface area (Å²) in [5, 5.41) is 0. The third kappa shape index (κ3) is 3.31. The van der Waals surface area contributed by atoms with Gasteiger partial charge in [-0.15, -0.1) is 0 Å². The fourth-order valence-electron chi connectivity index (χ4n) is 2.00. The summed E-state index contributed by atoms with van der Waals surface area (Å²) >= 11 is 0. The number of rotatable bonds is 2. The van der Waals surface area contributed by atoms with Crippen molar-refractivity contribution in [3.8, 4) is 0 Å². The maximum absolute atomic E-state index is 10.1. The number of benzene rings is 1. The lowest BCUT2D eigenvalue weighted by Crippen LogP contribution is -2.07. The zero-order chi connectivity index (χ0) is 12.3. The molecular formula is C13H19NO2S. The Balaban J connectivity index is 2.19. The number of hydrogen-bond donors (Lipinski definition) is 2. The molecule has 1 aliphatic carbocycles. The van der Waals surface area contributed by atoms with Crippen molar-refractivity contribution in [1.29, 1.82) is 0 Å². The van der Waals surface area contributed by atoms with E-state index in [4.69, 9.17) is 0 Å². The molecule has 0 heterocycles. The highest BCUT2D eigenvalue weighted by atomic mass is 32.3. The second-order valence-corrected chi connectivity index (χ2v) is 6.24. The van der Waals surface area contributed by atoms with Crippen LogP contribution in [0.4, 0.5) is 0 Å². The largest absolute Gasteiger partial charge is 0.276 e. The average molecular weight is 253 g/mol. The monoisotopic (exact) mass is 253 g/mol. The molecule has 0 unspecified atom stereocenters. The summed E-state index contributed by atoms with van der Waals surface area (Å²) in [5.41, 5.74) is 2.06. The maximum Gasteiger partial charge on any atom is 0.0823 e. The molecule has 4 heteroatoms. The van der Waals surface area contributed by atoms with Gasteiger partial charge in [0.15, 0.2) is 0 Å². The zero-order valence-electron chi connectivity index (χ0n) is 10.1. The van der Waals surface area contributed by atoms with Crippen LogP contribution in [0.25, 0.3) is 0 Å². The van der Waals surface area contributed by atoms with Gasteiger partial charge in [0, 0.05) is 5.71 Å². The summed E-state index contributed by atoms with van der Waals surface area (Å²) in [7, 11) is -2.99. The predicted molar refractivity (Wildman–Crippen MR) is 72.8 cm³/mol. The van der Waals surface area contributed by atoms with Crippen LogP contribution in [0.1, 0.15) is 37.7 Å². The fourth-order valence-corrected chi connectivity index (χ4v) is 3.15. The van der Waals surface area contributed by atoms with Gasteiger partial charge in [-0.25, -0.2) is 0 Å². The van der Waals surface area contributed by atoms with E-state index in [-0.39, 0.29) is 0 Å². The smallest absolute Gasteiger partial charge is 0.0823 e. The van der Waals surface area contributed by atoms with Crippen molar-refractivity contribution in [2.45, 2.75) is 43.9 Å². The first kappa shape index (κ1) is 12.6. The Morgan fingerprint density at radius 1 is 1.00 bits per heavy atom. The molecule has 1 fully saturated rings. The zero-order valence-corrected chi connectivity index (χ0v) is 10.9. The van der Waals surface area contributed by atoms with Gasteiger partial charge in [-0.05, 0) is 44.7 Å². The van der Waals surface area contributed by atoms with Gasteiger partial charge in [0.25, 0.3) is 0 Å². The Bertz CT molecular complexity index is 404. The van der Waals surface area contributed by atoms with Crippen molar-refractivity contribution < 1.29 is 9.11 Å². The quantitative estimate of drug-likeness (QED) is 0.819. The molecule has 0 aliphatic heterocycles. The van der Waals surface area contributed by atoms with Crippen LogP contribution in [0.5, 0.6) is 0 Å². The molecule has 2 rings (SSSR count). The molecule has 0 bridgehead atoms. The average Bonchev–Trinajstić information content (AvgIpc) is 2.30. The van der Waals surface area contributed by atoms with Gasteiger partial charge in [0.05, 0.1) is 4.90 Å². The Kier molecular flexibility index (Phi) is 3.86. The van der Waals surface area contributed by atoms with Gasteiger partial charge in [-0.2, -0.15) is 4.40 Å². The van der Waals surface area contributed by atoms with E-state index in [1.165, 1.54) is 6.42 Å². The fraction of sp³-hybridized carbons (Fsp3) is 0.462. The lowest BCUT2D eigenvalue weighted by atomic mass is 9.99. The minimum atomic E-state index is -2.99. The molecule has 94 valence electrons. The summed E-state index contributed by atoms with van der Waals surface area (Å²) in [6.45, 7) is 1.97. The summed E-state index contributed by atoms with van der Waals surface area (Å²) < 4.78 is 24.3. The number of hydrogen-bond acceptors (Lipinski definition) is 3. The lowest BCUT2D eigenvalue weighted by Gasteiger charge is -2.29. The summed E-state index contributed by atoms with van der Waals surface area (Å²) in [6, 6.07) is 7.25. The van der Waals surface area contributed by atoms with Gasteiger partial charge in [-0.1, -0.05) is 34.9 Å². The number of aryl methyl sites for hydroxylation is 1. The summed E-state index contributed by atoms with van der Waals surface area (Å²) in [4.78, 5) is 0.515. The van der Waals surface area contributed by atoms with Crippen LogP contribution in [0.15, 0.2) is 33.6 Å². The molecule has 1 saturated carbocycles. The van der Waals surface area contributed by atoms with Crippen LogP contribution in [-0.4, -0.2) is 14.8 Å². The van der Waals surface area contributed by atoms with E-state index in [0.717, 1.165) is 37.0 Å². The minimum absolute atomic E-state index is 0.515. The standard InChI is InChI=1S/C13H19NO2S/c1-11-7-9-13(10-8-11)17(15,16)14-12-5-3-2-4-6-12/h7-10,15-16H,2-6H2,1H3. The number of nitrogens with zero attached hydrogens (tertiary/aromatic N) is 1. The normalized spacial score (nSPS) is 17.9. The van der Waals surface area contributed by atoms with Crippen molar-refractivity contribution in [3.05, 3.63) is 29.8 Å². The third-order valence-corrected chi connectivity index (χ3v) is 4.44. The molecule has 17 heavy (non-hydrogen) atoms. The van der Waals surface area contributed by atoms with E-state index >= 15 is 0 Å². The Morgan fingerprint density at radius 2 is 1.59 bits per heavy atom. The second-order valence-electron chi connectivity index (χ2n) is 4.55. The second kappa shape index (κ2) is 5.21. The molecule has 1 aliphatic rings. The molecular weight excluding hydrogens is 234 g/mol. The van der Waals surface area contributed by atoms with Crippen molar-refractivity contribution in [2.75, 3.05) is 0 Å². The van der Waals surface area contributed by atoms with Gasteiger partial charge >= 0.3 is 0 Å². The maximum atomic E-state index is 10.1. The van der Waals surface area contributed by atoms with Gasteiger partial charge in [-0.3, -0.25) is 9.11 Å². The first-order chi connectivity index (χ1) is 8.08. The molecule has 1 aromatic carbocycles. The Morgan fingerprint density at radius 3 is 2.18 bits per heavy atom. The minimum Gasteiger partial charge on any atom is -0.276 e. The van der Waals surface area contributed by atoms with Crippen LogP contribution in [0.3, 0.4) is 0 Å². The van der Waals surface area contributed by atoms with Crippen LogP contribution in [-0.2, 0) is 0 Å². The van der Waals surface area contributed by atoms with Crippen molar-refractivity contribution in [3.63, 3.8) is 0 Å². The van der Waals surface area contributed by atoms with Crippen LogP contribution in [0.2, 0.25) is 0 Å². The lowest BCUT2D eigenvalue weighted by molar-refractivity contribution is 0.488. The van der Waals surface area contributed by atoms with E-state index in [1.807, 2.05) is 19.1 Å². The van der Waals surface area contributed by atoms with E-state index < -0.39 is 10.8 Å². The van der Waals surface area contributed by atoms with Crippen LogP contribution in [0, 0.1) is 6.92 Å². The molecule has 0 saturated heterocycles. The van der Waals surface area contributed by atoms with Gasteiger partial charge in [0.2, 0.25) is 0 Å². The van der Waals surface area contributed by atoms with Gasteiger partial charge < -0.3 is 0 Å². The van der Waals surface area contributed by atoms with Gasteiger partial charge in [0.1, 0.15) is 0 Å².